The summed E-state index contributed by atoms with van der Waals surface area (Å²) in [7, 11) is 5.95. The molecule has 0 rings (SSSR count). The van der Waals surface area contributed by atoms with E-state index in [1.807, 2.05) is 21.1 Å². The minimum Gasteiger partial charge on any atom is -0.477 e. The fourth-order valence-corrected chi connectivity index (χ4v) is 6.24. The number of rotatable bonds is 42. The molecular weight excluding hydrogens is 731 g/mol. The molecule has 0 fully saturated rings. The van der Waals surface area contributed by atoms with E-state index in [1.165, 1.54) is 83.5 Å². The van der Waals surface area contributed by atoms with Crippen molar-refractivity contribution in [2.45, 2.75) is 200 Å². The van der Waals surface area contributed by atoms with Crippen LogP contribution in [0, 0.1) is 0 Å². The lowest BCUT2D eigenvalue weighted by atomic mass is 10.0. The predicted octanol–water partition coefficient (Wildman–Crippen LogP) is 12.4. The van der Waals surface area contributed by atoms with Crippen molar-refractivity contribution in [1.82, 2.24) is 0 Å². The van der Waals surface area contributed by atoms with E-state index in [9.17, 15) is 19.5 Å². The lowest BCUT2D eigenvalue weighted by molar-refractivity contribution is -0.870. The van der Waals surface area contributed by atoms with Gasteiger partial charge in [0.15, 0.2) is 6.10 Å². The van der Waals surface area contributed by atoms with Gasteiger partial charge >= 0.3 is 17.9 Å². The van der Waals surface area contributed by atoms with Crippen LogP contribution >= 0.6 is 0 Å². The first kappa shape index (κ1) is 55.2. The number of hydrogen-bond acceptors (Lipinski definition) is 7. The fourth-order valence-electron chi connectivity index (χ4n) is 6.24. The van der Waals surface area contributed by atoms with Crippen molar-refractivity contribution in [3.63, 3.8) is 0 Å². The quantitative estimate of drug-likeness (QED) is 0.0213. The number of allylic oxidation sites excluding steroid dienone is 8. The molecule has 9 heteroatoms. The van der Waals surface area contributed by atoms with E-state index < -0.39 is 24.3 Å². The Labute approximate surface area is 355 Å². The number of aliphatic carboxylic acids is 1. The summed E-state index contributed by atoms with van der Waals surface area (Å²) in [6.45, 7) is 4.74. The van der Waals surface area contributed by atoms with E-state index in [0.717, 1.165) is 70.6 Å². The monoisotopic (exact) mass is 819 g/mol. The molecule has 0 aromatic carbocycles. The number of carboxylic acid groups (broad SMARTS) is 1. The minimum atomic E-state index is -1.51. The molecule has 0 aliphatic carbocycles. The van der Waals surface area contributed by atoms with Gasteiger partial charge in [0.2, 0.25) is 0 Å². The standard InChI is InChI=1S/C49H87NO8/c1-6-8-10-12-14-16-18-19-20-21-22-23-24-25-26-27-28-29-30-32-34-36-38-40-47(52)58-45(44-57-49(48(53)54)55-42-41-50(3,4)5)43-56-46(51)39-37-35-33-31-17-15-13-11-9-7-2/h8,10,14,16,19-20,22-23,45,49H,6-7,9,11-13,15,17-18,21,24-44H2,1-5H3/p+1/b10-8-,16-14-,20-19-,23-22-. The fraction of sp³-hybridized carbons (Fsp3) is 0.776. The third kappa shape index (κ3) is 41.4. The normalized spacial score (nSPS) is 13.3. The van der Waals surface area contributed by atoms with Gasteiger partial charge in [0.1, 0.15) is 13.2 Å². The van der Waals surface area contributed by atoms with Crippen molar-refractivity contribution < 1.29 is 42.9 Å². The molecule has 0 aliphatic rings. The van der Waals surface area contributed by atoms with E-state index in [4.69, 9.17) is 18.9 Å². The molecule has 2 unspecified atom stereocenters. The summed E-state index contributed by atoms with van der Waals surface area (Å²) in [5.74, 6) is -2.01. The van der Waals surface area contributed by atoms with Gasteiger partial charge in [0.05, 0.1) is 34.4 Å². The molecular formula is C49H88NO8+. The highest BCUT2D eigenvalue weighted by molar-refractivity contribution is 5.71. The number of carbonyl (C=O) groups excluding carboxylic acids is 2. The summed E-state index contributed by atoms with van der Waals surface area (Å²) in [6.07, 6.45) is 44.6. The first-order valence-electron chi connectivity index (χ1n) is 23.3. The first-order chi connectivity index (χ1) is 28.1. The van der Waals surface area contributed by atoms with Crippen molar-refractivity contribution >= 4 is 17.9 Å². The maximum absolute atomic E-state index is 12.8. The van der Waals surface area contributed by atoms with Gasteiger partial charge in [-0.3, -0.25) is 9.59 Å². The molecule has 0 saturated carbocycles. The molecule has 0 heterocycles. The molecule has 0 aromatic rings. The molecule has 9 nitrogen and oxygen atoms in total. The molecule has 0 radical (unpaired) electrons. The molecule has 0 spiro atoms. The summed E-state index contributed by atoms with van der Waals surface area (Å²) >= 11 is 0. The number of nitrogens with zero attached hydrogens (tertiary/aromatic N) is 1. The maximum Gasteiger partial charge on any atom is 0.361 e. The van der Waals surface area contributed by atoms with Crippen LogP contribution in [0.1, 0.15) is 187 Å². The van der Waals surface area contributed by atoms with Crippen LogP contribution in [0.4, 0.5) is 0 Å². The largest absolute Gasteiger partial charge is 0.477 e. The number of likely N-dealkylation sites (N-methyl/N-ethyl adjacent to an activating group) is 1. The van der Waals surface area contributed by atoms with Crippen LogP contribution in [-0.4, -0.2) is 87.4 Å². The Morgan fingerprint density at radius 3 is 1.47 bits per heavy atom. The number of quaternary nitrogens is 1. The van der Waals surface area contributed by atoms with Crippen LogP contribution < -0.4 is 0 Å². The van der Waals surface area contributed by atoms with Gasteiger partial charge in [0, 0.05) is 12.8 Å². The molecule has 0 bridgehead atoms. The highest BCUT2D eigenvalue weighted by atomic mass is 16.7. The van der Waals surface area contributed by atoms with Gasteiger partial charge < -0.3 is 28.5 Å². The molecule has 0 saturated heterocycles. The number of hydrogen-bond donors (Lipinski definition) is 1. The summed E-state index contributed by atoms with van der Waals surface area (Å²) in [5.41, 5.74) is 0. The van der Waals surface area contributed by atoms with Gasteiger partial charge in [-0.1, -0.05) is 172 Å². The zero-order chi connectivity index (χ0) is 42.8. The van der Waals surface area contributed by atoms with Crippen molar-refractivity contribution in [2.75, 3.05) is 47.5 Å². The molecule has 0 aliphatic heterocycles. The molecule has 336 valence electrons. The second kappa shape index (κ2) is 41.0. The highest BCUT2D eigenvalue weighted by Gasteiger charge is 2.25. The summed E-state index contributed by atoms with van der Waals surface area (Å²) in [4.78, 5) is 37.1. The van der Waals surface area contributed by atoms with E-state index in [1.54, 1.807) is 0 Å². The number of unbranched alkanes of at least 4 members (excludes halogenated alkanes) is 19. The Hall–Kier alpha value is -2.75. The third-order valence-electron chi connectivity index (χ3n) is 9.85. The van der Waals surface area contributed by atoms with Crippen LogP contribution in [0.15, 0.2) is 48.6 Å². The van der Waals surface area contributed by atoms with Gasteiger partial charge in [-0.05, 0) is 51.4 Å². The molecule has 0 amide bonds. The van der Waals surface area contributed by atoms with Crippen LogP contribution in [0.2, 0.25) is 0 Å². The second-order valence-electron chi connectivity index (χ2n) is 16.7. The van der Waals surface area contributed by atoms with Crippen molar-refractivity contribution in [3.8, 4) is 0 Å². The Bertz CT molecular complexity index is 1090. The van der Waals surface area contributed by atoms with Crippen molar-refractivity contribution in [2.24, 2.45) is 0 Å². The molecule has 58 heavy (non-hydrogen) atoms. The Kier molecular flexibility index (Phi) is 39.1. The van der Waals surface area contributed by atoms with Crippen LogP contribution in [0.3, 0.4) is 0 Å². The van der Waals surface area contributed by atoms with E-state index in [2.05, 4.69) is 62.5 Å². The molecule has 2 atom stereocenters. The Morgan fingerprint density at radius 1 is 0.534 bits per heavy atom. The van der Waals surface area contributed by atoms with Gasteiger partial charge in [-0.25, -0.2) is 4.79 Å². The number of carboxylic acids is 1. The summed E-state index contributed by atoms with van der Waals surface area (Å²) < 4.78 is 22.7. The summed E-state index contributed by atoms with van der Waals surface area (Å²) in [5, 5.41) is 9.63. The van der Waals surface area contributed by atoms with Gasteiger partial charge in [0.25, 0.3) is 6.29 Å². The molecule has 0 aromatic heterocycles. The first-order valence-corrected chi connectivity index (χ1v) is 23.3. The third-order valence-corrected chi connectivity index (χ3v) is 9.85. The van der Waals surface area contributed by atoms with Crippen molar-refractivity contribution in [1.29, 1.82) is 0 Å². The van der Waals surface area contributed by atoms with Gasteiger partial charge in [-0.2, -0.15) is 0 Å². The SMILES string of the molecule is CC/C=C\C/C=C\C/C=C\C/C=C\CCCCCCCCCCCCC(=O)OC(COC(=O)CCCCCCCCCCCC)COC(OCC[N+](C)(C)C)C(=O)O. The Balaban J connectivity index is 4.32. The average Bonchev–Trinajstić information content (AvgIpc) is 3.18. The minimum absolute atomic E-state index is 0.183. The van der Waals surface area contributed by atoms with Gasteiger partial charge in [-0.15, -0.1) is 0 Å². The van der Waals surface area contributed by atoms with Crippen molar-refractivity contribution in [3.05, 3.63) is 48.6 Å². The predicted molar refractivity (Wildman–Crippen MR) is 240 cm³/mol. The second-order valence-corrected chi connectivity index (χ2v) is 16.7. The van der Waals surface area contributed by atoms with Crippen LogP contribution in [-0.2, 0) is 33.3 Å². The Morgan fingerprint density at radius 2 is 0.983 bits per heavy atom. The van der Waals surface area contributed by atoms with E-state index in [-0.39, 0.29) is 32.2 Å². The van der Waals surface area contributed by atoms with Crippen LogP contribution in [0.25, 0.3) is 0 Å². The highest BCUT2D eigenvalue weighted by Crippen LogP contribution is 2.15. The smallest absolute Gasteiger partial charge is 0.361 e. The maximum atomic E-state index is 12.8. The van der Waals surface area contributed by atoms with E-state index in [0.29, 0.717) is 23.9 Å². The van der Waals surface area contributed by atoms with Crippen LogP contribution in [0.5, 0.6) is 0 Å². The number of ether oxygens (including phenoxy) is 4. The number of carbonyl (C=O) groups is 3. The lowest BCUT2D eigenvalue weighted by Crippen LogP contribution is -2.40. The summed E-state index contributed by atoms with van der Waals surface area (Å²) in [6, 6.07) is 0. The average molecular weight is 819 g/mol. The van der Waals surface area contributed by atoms with E-state index >= 15 is 0 Å². The number of esters is 2. The zero-order valence-corrected chi connectivity index (χ0v) is 37.9. The topological polar surface area (TPSA) is 108 Å². The zero-order valence-electron chi connectivity index (χ0n) is 37.9. The lowest BCUT2D eigenvalue weighted by Gasteiger charge is -2.25. The molecule has 1 N–H and O–H groups in total.